The first-order valence-electron chi connectivity index (χ1n) is 6.26. The van der Waals surface area contributed by atoms with Crippen LogP contribution < -0.4 is 5.32 Å². The van der Waals surface area contributed by atoms with Crippen LogP contribution in [0.3, 0.4) is 0 Å². The van der Waals surface area contributed by atoms with Crippen molar-refractivity contribution in [3.8, 4) is 0 Å². The minimum Gasteiger partial charge on any atom is -0.338 e. The summed E-state index contributed by atoms with van der Waals surface area (Å²) in [7, 11) is 4.02. The third-order valence-corrected chi connectivity index (χ3v) is 3.26. The number of pyridine rings is 1. The maximum atomic E-state index is 4.35. The van der Waals surface area contributed by atoms with Gasteiger partial charge in [0.05, 0.1) is 0 Å². The van der Waals surface area contributed by atoms with Crippen LogP contribution in [-0.4, -0.2) is 21.6 Å². The van der Waals surface area contributed by atoms with Crippen LogP contribution in [0.15, 0.2) is 30.7 Å². The highest BCUT2D eigenvalue weighted by Gasteiger charge is 2.10. The Kier molecular flexibility index (Phi) is 4.10. The number of nitrogens with one attached hydrogen (secondary N) is 1. The van der Waals surface area contributed by atoms with Gasteiger partial charge in [-0.25, -0.2) is 4.98 Å². The van der Waals surface area contributed by atoms with E-state index in [1.54, 1.807) is 0 Å². The van der Waals surface area contributed by atoms with Crippen molar-refractivity contribution in [2.45, 2.75) is 25.8 Å². The molecule has 1 atom stereocenters. The lowest BCUT2D eigenvalue weighted by Crippen LogP contribution is -2.18. The van der Waals surface area contributed by atoms with Crippen LogP contribution in [0.2, 0.25) is 0 Å². The molecule has 0 fully saturated rings. The highest BCUT2D eigenvalue weighted by Crippen LogP contribution is 2.17. The molecular weight excluding hydrogens is 224 g/mol. The van der Waals surface area contributed by atoms with Gasteiger partial charge in [-0.15, -0.1) is 0 Å². The van der Waals surface area contributed by atoms with Gasteiger partial charge in [0, 0.05) is 43.8 Å². The first kappa shape index (κ1) is 12.8. The number of rotatable bonds is 5. The summed E-state index contributed by atoms with van der Waals surface area (Å²) in [4.78, 5) is 8.70. The van der Waals surface area contributed by atoms with Gasteiger partial charge in [-0.2, -0.15) is 0 Å². The van der Waals surface area contributed by atoms with Gasteiger partial charge in [0.15, 0.2) is 0 Å². The molecule has 2 heterocycles. The fourth-order valence-corrected chi connectivity index (χ4v) is 2.07. The van der Waals surface area contributed by atoms with E-state index >= 15 is 0 Å². The number of aryl methyl sites for hydroxylation is 3. The lowest BCUT2D eigenvalue weighted by atomic mass is 10.0. The Hall–Kier alpha value is -1.68. The van der Waals surface area contributed by atoms with E-state index in [0.29, 0.717) is 6.04 Å². The summed E-state index contributed by atoms with van der Waals surface area (Å²) in [6.45, 7) is 2.01. The largest absolute Gasteiger partial charge is 0.338 e. The topological polar surface area (TPSA) is 42.7 Å². The van der Waals surface area contributed by atoms with E-state index in [1.807, 2.05) is 39.6 Å². The predicted molar refractivity (Wildman–Crippen MR) is 72.3 cm³/mol. The van der Waals surface area contributed by atoms with Gasteiger partial charge in [-0.1, -0.05) is 6.07 Å². The minimum absolute atomic E-state index is 0.329. The summed E-state index contributed by atoms with van der Waals surface area (Å²) in [6.07, 6.45) is 7.76. The van der Waals surface area contributed by atoms with Crippen LogP contribution in [0.5, 0.6) is 0 Å². The van der Waals surface area contributed by atoms with Crippen LogP contribution in [0.25, 0.3) is 0 Å². The van der Waals surface area contributed by atoms with Crippen LogP contribution in [0.1, 0.15) is 29.5 Å². The van der Waals surface area contributed by atoms with E-state index in [1.165, 1.54) is 5.56 Å². The lowest BCUT2D eigenvalue weighted by molar-refractivity contribution is 0.534. The van der Waals surface area contributed by atoms with Crippen molar-refractivity contribution in [1.82, 2.24) is 19.9 Å². The van der Waals surface area contributed by atoms with E-state index in [-0.39, 0.29) is 0 Å². The molecule has 0 aliphatic rings. The van der Waals surface area contributed by atoms with Gasteiger partial charge >= 0.3 is 0 Å². The molecule has 0 bridgehead atoms. The van der Waals surface area contributed by atoms with Crippen molar-refractivity contribution >= 4 is 0 Å². The lowest BCUT2D eigenvalue weighted by Gasteiger charge is -2.16. The highest BCUT2D eigenvalue weighted by molar-refractivity contribution is 5.17. The molecule has 2 aromatic heterocycles. The Balaban J connectivity index is 2.01. The molecule has 0 aromatic carbocycles. The van der Waals surface area contributed by atoms with Crippen molar-refractivity contribution in [3.05, 3.63) is 47.8 Å². The van der Waals surface area contributed by atoms with Crippen LogP contribution in [0, 0.1) is 6.92 Å². The molecule has 0 saturated carbocycles. The number of hydrogen-bond acceptors (Lipinski definition) is 3. The Bertz CT molecular complexity index is 487. The Morgan fingerprint density at radius 3 is 2.72 bits per heavy atom. The quantitative estimate of drug-likeness (QED) is 0.875. The molecule has 0 spiro atoms. The van der Waals surface area contributed by atoms with E-state index in [4.69, 9.17) is 0 Å². The normalized spacial score (nSPS) is 12.6. The molecule has 0 amide bonds. The predicted octanol–water partition coefficient (Wildman–Crippen LogP) is 2.02. The number of hydrogen-bond donors (Lipinski definition) is 1. The summed E-state index contributed by atoms with van der Waals surface area (Å²) in [5.74, 6) is 1.12. The smallest absolute Gasteiger partial charge is 0.108 e. The molecule has 18 heavy (non-hydrogen) atoms. The molecule has 2 aromatic rings. The van der Waals surface area contributed by atoms with Gasteiger partial charge < -0.3 is 9.88 Å². The van der Waals surface area contributed by atoms with Crippen LogP contribution >= 0.6 is 0 Å². The monoisotopic (exact) mass is 244 g/mol. The standard InChI is InChI=1S/C14H20N4/c1-11-4-5-12(10-17-11)13(15-2)6-7-14-16-8-9-18(14)3/h4-5,8-10,13,15H,6-7H2,1-3H3. The van der Waals surface area contributed by atoms with E-state index in [0.717, 1.165) is 24.4 Å². The maximum absolute atomic E-state index is 4.35. The fraction of sp³-hybridized carbons (Fsp3) is 0.429. The summed E-state index contributed by atoms with van der Waals surface area (Å²) in [5, 5.41) is 3.34. The average molecular weight is 244 g/mol. The highest BCUT2D eigenvalue weighted by atomic mass is 15.0. The minimum atomic E-state index is 0.329. The van der Waals surface area contributed by atoms with Crippen molar-refractivity contribution in [1.29, 1.82) is 0 Å². The van der Waals surface area contributed by atoms with Crippen LogP contribution in [-0.2, 0) is 13.5 Å². The van der Waals surface area contributed by atoms with Crippen LogP contribution in [0.4, 0.5) is 0 Å². The number of nitrogens with zero attached hydrogens (tertiary/aromatic N) is 3. The number of aromatic nitrogens is 3. The number of imidazole rings is 1. The van der Waals surface area contributed by atoms with Crippen molar-refractivity contribution < 1.29 is 0 Å². The second-order valence-electron chi connectivity index (χ2n) is 4.57. The van der Waals surface area contributed by atoms with Gasteiger partial charge in [-0.3, -0.25) is 4.98 Å². The average Bonchev–Trinajstić information content (AvgIpc) is 2.78. The zero-order valence-corrected chi connectivity index (χ0v) is 11.2. The van der Waals surface area contributed by atoms with Gasteiger partial charge in [0.25, 0.3) is 0 Å². The first-order chi connectivity index (χ1) is 8.70. The molecule has 0 saturated heterocycles. The summed E-state index contributed by atoms with van der Waals surface area (Å²) in [6, 6.07) is 4.53. The zero-order valence-electron chi connectivity index (χ0n) is 11.2. The molecule has 0 radical (unpaired) electrons. The second-order valence-corrected chi connectivity index (χ2v) is 4.57. The molecule has 1 unspecified atom stereocenters. The van der Waals surface area contributed by atoms with E-state index in [9.17, 15) is 0 Å². The molecule has 4 heteroatoms. The molecule has 96 valence electrons. The fourth-order valence-electron chi connectivity index (χ4n) is 2.07. The molecule has 4 nitrogen and oxygen atoms in total. The third-order valence-electron chi connectivity index (χ3n) is 3.26. The maximum Gasteiger partial charge on any atom is 0.108 e. The second kappa shape index (κ2) is 5.78. The van der Waals surface area contributed by atoms with E-state index in [2.05, 4.69) is 32.0 Å². The molecule has 0 aliphatic carbocycles. The van der Waals surface area contributed by atoms with Gasteiger partial charge in [0.1, 0.15) is 5.82 Å². The van der Waals surface area contributed by atoms with Gasteiger partial charge in [0.2, 0.25) is 0 Å². The molecule has 1 N–H and O–H groups in total. The third kappa shape index (κ3) is 2.96. The SMILES string of the molecule is CNC(CCc1nccn1C)c1ccc(C)nc1. The summed E-state index contributed by atoms with van der Waals surface area (Å²) in [5.41, 5.74) is 2.29. The zero-order chi connectivity index (χ0) is 13.0. The first-order valence-corrected chi connectivity index (χ1v) is 6.26. The van der Waals surface area contributed by atoms with E-state index < -0.39 is 0 Å². The Morgan fingerprint density at radius 2 is 2.17 bits per heavy atom. The van der Waals surface area contributed by atoms with Crippen molar-refractivity contribution in [2.24, 2.45) is 7.05 Å². The summed E-state index contributed by atoms with van der Waals surface area (Å²) < 4.78 is 2.07. The Morgan fingerprint density at radius 1 is 1.33 bits per heavy atom. The van der Waals surface area contributed by atoms with Crippen molar-refractivity contribution in [2.75, 3.05) is 7.05 Å². The van der Waals surface area contributed by atoms with Crippen molar-refractivity contribution in [3.63, 3.8) is 0 Å². The molecular formula is C14H20N4. The summed E-state index contributed by atoms with van der Waals surface area (Å²) >= 11 is 0. The molecule has 0 aliphatic heterocycles. The Labute approximate surface area is 108 Å². The molecule has 2 rings (SSSR count). The van der Waals surface area contributed by atoms with Gasteiger partial charge in [-0.05, 0) is 32.0 Å².